The molecule has 0 spiro atoms. The van der Waals surface area contributed by atoms with Gasteiger partial charge in [0.1, 0.15) is 0 Å². The number of H-pyrrole nitrogens is 1. The molecular weight excluding hydrogens is 250 g/mol. The molecule has 4 nitrogen and oxygen atoms in total. The smallest absolute Gasteiger partial charge is 0.253 e. The highest BCUT2D eigenvalue weighted by atomic mass is 16.2. The zero-order chi connectivity index (χ0) is 14.1. The molecule has 0 saturated heterocycles. The Kier molecular flexibility index (Phi) is 2.99. The molecule has 1 heterocycles. The first kappa shape index (κ1) is 12.4. The number of nitrogens with zero attached hydrogens (tertiary/aromatic N) is 2. The van der Waals surface area contributed by atoms with Gasteiger partial charge in [-0.15, -0.1) is 0 Å². The zero-order valence-electron chi connectivity index (χ0n) is 11.4. The van der Waals surface area contributed by atoms with Crippen LogP contribution in [0.4, 0.5) is 0 Å². The van der Waals surface area contributed by atoms with Crippen molar-refractivity contribution >= 4 is 16.8 Å². The molecule has 0 fully saturated rings. The Morgan fingerprint density at radius 1 is 1.10 bits per heavy atom. The van der Waals surface area contributed by atoms with Crippen LogP contribution in [0, 0.1) is 0 Å². The minimum atomic E-state index is 0.0121. The molecule has 0 unspecified atom stereocenters. The number of hydrogen-bond acceptors (Lipinski definition) is 2. The number of carbonyl (C=O) groups is 1. The number of benzene rings is 2. The topological polar surface area (TPSA) is 49.0 Å². The van der Waals surface area contributed by atoms with Gasteiger partial charge in [0, 0.05) is 25.0 Å². The van der Waals surface area contributed by atoms with Crippen molar-refractivity contribution in [2.24, 2.45) is 0 Å². The van der Waals surface area contributed by atoms with Gasteiger partial charge in [-0.25, -0.2) is 0 Å². The lowest BCUT2D eigenvalue weighted by Gasteiger charge is -2.10. The van der Waals surface area contributed by atoms with Crippen LogP contribution >= 0.6 is 0 Å². The number of aromatic amines is 1. The Bertz CT molecular complexity index is 757. The number of fused-ring (bicyclic) bond motifs is 1. The standard InChI is InChI=1S/C16H15N3O/c1-19(2)16(20)12-8-6-11(7-9-12)13-4-3-5-15-14(13)10-17-18-15/h3-10H,1-2H3,(H,17,18). The number of rotatable bonds is 2. The van der Waals surface area contributed by atoms with Crippen molar-refractivity contribution in [2.75, 3.05) is 14.1 Å². The largest absolute Gasteiger partial charge is 0.345 e. The van der Waals surface area contributed by atoms with Gasteiger partial charge in [0.05, 0.1) is 11.7 Å². The number of nitrogens with one attached hydrogen (secondary N) is 1. The summed E-state index contributed by atoms with van der Waals surface area (Å²) in [6.45, 7) is 0. The second-order valence-electron chi connectivity index (χ2n) is 4.91. The van der Waals surface area contributed by atoms with Crippen LogP contribution in [-0.4, -0.2) is 35.1 Å². The Hall–Kier alpha value is -2.62. The molecule has 0 saturated carbocycles. The van der Waals surface area contributed by atoms with E-state index in [1.807, 2.05) is 42.6 Å². The molecule has 0 radical (unpaired) electrons. The minimum absolute atomic E-state index is 0.0121. The Morgan fingerprint density at radius 3 is 2.55 bits per heavy atom. The molecule has 0 aliphatic heterocycles. The molecule has 0 aliphatic carbocycles. The van der Waals surface area contributed by atoms with Crippen LogP contribution in [-0.2, 0) is 0 Å². The van der Waals surface area contributed by atoms with Crippen LogP contribution in [0.25, 0.3) is 22.0 Å². The van der Waals surface area contributed by atoms with Crippen LogP contribution in [0.3, 0.4) is 0 Å². The Morgan fingerprint density at radius 2 is 1.85 bits per heavy atom. The van der Waals surface area contributed by atoms with Crippen molar-refractivity contribution in [3.63, 3.8) is 0 Å². The van der Waals surface area contributed by atoms with E-state index >= 15 is 0 Å². The quantitative estimate of drug-likeness (QED) is 0.774. The van der Waals surface area contributed by atoms with Gasteiger partial charge in [-0.05, 0) is 29.3 Å². The van der Waals surface area contributed by atoms with Crippen molar-refractivity contribution in [3.8, 4) is 11.1 Å². The van der Waals surface area contributed by atoms with E-state index in [-0.39, 0.29) is 5.91 Å². The number of aromatic nitrogens is 2. The van der Waals surface area contributed by atoms with Gasteiger partial charge in [-0.2, -0.15) is 5.10 Å². The highest BCUT2D eigenvalue weighted by molar-refractivity contribution is 5.97. The molecule has 100 valence electrons. The Labute approximate surface area is 117 Å². The maximum atomic E-state index is 11.9. The summed E-state index contributed by atoms with van der Waals surface area (Å²) in [7, 11) is 3.50. The summed E-state index contributed by atoms with van der Waals surface area (Å²) in [4.78, 5) is 13.4. The normalized spacial score (nSPS) is 10.7. The van der Waals surface area contributed by atoms with Gasteiger partial charge in [0.15, 0.2) is 0 Å². The van der Waals surface area contributed by atoms with Gasteiger partial charge in [0.2, 0.25) is 0 Å². The summed E-state index contributed by atoms with van der Waals surface area (Å²) < 4.78 is 0. The van der Waals surface area contributed by atoms with Gasteiger partial charge < -0.3 is 4.90 Å². The molecule has 0 atom stereocenters. The maximum absolute atomic E-state index is 11.9. The fourth-order valence-corrected chi connectivity index (χ4v) is 2.27. The highest BCUT2D eigenvalue weighted by Gasteiger charge is 2.09. The van der Waals surface area contributed by atoms with Gasteiger partial charge in [-0.3, -0.25) is 9.89 Å². The van der Waals surface area contributed by atoms with Crippen molar-refractivity contribution in [1.29, 1.82) is 0 Å². The summed E-state index contributed by atoms with van der Waals surface area (Å²) in [5, 5.41) is 8.12. The molecule has 1 aromatic heterocycles. The van der Waals surface area contributed by atoms with Crippen molar-refractivity contribution in [3.05, 3.63) is 54.2 Å². The molecule has 3 aromatic rings. The van der Waals surface area contributed by atoms with Crippen LogP contribution in [0.15, 0.2) is 48.7 Å². The minimum Gasteiger partial charge on any atom is -0.345 e. The lowest BCUT2D eigenvalue weighted by molar-refractivity contribution is 0.0827. The summed E-state index contributed by atoms with van der Waals surface area (Å²) in [6.07, 6.45) is 1.82. The van der Waals surface area contributed by atoms with E-state index in [0.29, 0.717) is 5.56 Å². The molecule has 0 bridgehead atoms. The van der Waals surface area contributed by atoms with E-state index in [9.17, 15) is 4.79 Å². The first-order chi connectivity index (χ1) is 9.66. The lowest BCUT2D eigenvalue weighted by atomic mass is 10.0. The first-order valence-electron chi connectivity index (χ1n) is 6.41. The highest BCUT2D eigenvalue weighted by Crippen LogP contribution is 2.27. The van der Waals surface area contributed by atoms with Crippen LogP contribution in [0.1, 0.15) is 10.4 Å². The van der Waals surface area contributed by atoms with E-state index in [2.05, 4.69) is 16.3 Å². The van der Waals surface area contributed by atoms with Crippen molar-refractivity contribution in [1.82, 2.24) is 15.1 Å². The fourth-order valence-electron chi connectivity index (χ4n) is 2.27. The third kappa shape index (κ3) is 2.05. The molecule has 1 N–H and O–H groups in total. The summed E-state index contributed by atoms with van der Waals surface area (Å²) in [6, 6.07) is 13.7. The number of hydrogen-bond donors (Lipinski definition) is 1. The summed E-state index contributed by atoms with van der Waals surface area (Å²) >= 11 is 0. The first-order valence-corrected chi connectivity index (χ1v) is 6.41. The Balaban J connectivity index is 2.03. The molecule has 1 amide bonds. The SMILES string of the molecule is CN(C)C(=O)c1ccc(-c2cccc3[nH]ncc23)cc1. The third-order valence-electron chi connectivity index (χ3n) is 3.33. The average molecular weight is 265 g/mol. The lowest BCUT2D eigenvalue weighted by Crippen LogP contribution is -2.21. The molecule has 20 heavy (non-hydrogen) atoms. The zero-order valence-corrected chi connectivity index (χ0v) is 11.4. The van der Waals surface area contributed by atoms with Gasteiger partial charge in [0.25, 0.3) is 5.91 Å². The molecular formula is C16H15N3O. The number of amides is 1. The summed E-state index contributed by atoms with van der Waals surface area (Å²) in [5.41, 5.74) is 3.89. The van der Waals surface area contributed by atoms with Gasteiger partial charge >= 0.3 is 0 Å². The monoisotopic (exact) mass is 265 g/mol. The van der Waals surface area contributed by atoms with Crippen molar-refractivity contribution in [2.45, 2.75) is 0 Å². The van der Waals surface area contributed by atoms with Crippen LogP contribution in [0.2, 0.25) is 0 Å². The van der Waals surface area contributed by atoms with E-state index < -0.39 is 0 Å². The fraction of sp³-hybridized carbons (Fsp3) is 0.125. The van der Waals surface area contributed by atoms with Crippen LogP contribution < -0.4 is 0 Å². The number of carbonyl (C=O) groups excluding carboxylic acids is 1. The second kappa shape index (κ2) is 4.81. The second-order valence-corrected chi connectivity index (χ2v) is 4.91. The van der Waals surface area contributed by atoms with Gasteiger partial charge in [-0.1, -0.05) is 24.3 Å². The van der Waals surface area contributed by atoms with E-state index in [0.717, 1.165) is 22.0 Å². The average Bonchev–Trinajstić information content (AvgIpc) is 2.95. The van der Waals surface area contributed by atoms with E-state index in [4.69, 9.17) is 0 Å². The summed E-state index contributed by atoms with van der Waals surface area (Å²) in [5.74, 6) is 0.0121. The maximum Gasteiger partial charge on any atom is 0.253 e. The molecule has 2 aromatic carbocycles. The van der Waals surface area contributed by atoms with Crippen LogP contribution in [0.5, 0.6) is 0 Å². The predicted octanol–water partition coefficient (Wildman–Crippen LogP) is 2.93. The van der Waals surface area contributed by atoms with Crippen molar-refractivity contribution < 1.29 is 4.79 Å². The molecule has 0 aliphatic rings. The molecule has 4 heteroatoms. The molecule has 3 rings (SSSR count). The third-order valence-corrected chi connectivity index (χ3v) is 3.33. The predicted molar refractivity (Wildman–Crippen MR) is 79.5 cm³/mol. The van der Waals surface area contributed by atoms with E-state index in [1.54, 1.807) is 19.0 Å². The van der Waals surface area contributed by atoms with E-state index in [1.165, 1.54) is 0 Å².